The van der Waals surface area contributed by atoms with E-state index in [1.54, 1.807) is 12.1 Å². The van der Waals surface area contributed by atoms with Crippen LogP contribution in [-0.4, -0.2) is 18.2 Å². The van der Waals surface area contributed by atoms with Crippen molar-refractivity contribution in [2.24, 2.45) is 7.05 Å². The quantitative estimate of drug-likeness (QED) is 0.653. The molecule has 0 saturated heterocycles. The summed E-state index contributed by atoms with van der Waals surface area (Å²) in [6.07, 6.45) is 2.85. The molecule has 0 aliphatic carbocycles. The number of hydrogen-bond acceptors (Lipinski definition) is 2. The van der Waals surface area contributed by atoms with Gasteiger partial charge in [0, 0.05) is 40.3 Å². The fourth-order valence-corrected chi connectivity index (χ4v) is 3.36. The number of benzene rings is 2. The number of halogens is 3. The van der Waals surface area contributed by atoms with E-state index in [1.165, 1.54) is 12.1 Å². The van der Waals surface area contributed by atoms with Crippen molar-refractivity contribution < 1.29 is 9.13 Å². The Morgan fingerprint density at radius 1 is 1.16 bits per heavy atom. The second-order valence-electron chi connectivity index (χ2n) is 5.94. The van der Waals surface area contributed by atoms with Crippen LogP contribution in [0.1, 0.15) is 11.1 Å². The summed E-state index contributed by atoms with van der Waals surface area (Å²) in [7, 11) is 3.81. The van der Waals surface area contributed by atoms with Gasteiger partial charge in [-0.2, -0.15) is 0 Å². The van der Waals surface area contributed by atoms with Gasteiger partial charge in [0.2, 0.25) is 0 Å². The molecule has 0 atom stereocenters. The van der Waals surface area contributed by atoms with Gasteiger partial charge < -0.3 is 14.6 Å². The normalized spacial score (nSPS) is 11.2. The van der Waals surface area contributed by atoms with Crippen LogP contribution in [0.2, 0.25) is 10.0 Å². The number of aryl methyl sites for hydroxylation is 1. The van der Waals surface area contributed by atoms with Crippen LogP contribution in [0.5, 0.6) is 5.75 Å². The SMILES string of the molecule is CNCCc1cn(C)c2cc(F)cc(OCc3ccc(Cl)cc3Cl)c12. The number of ether oxygens (including phenoxy) is 1. The first kappa shape index (κ1) is 18.1. The zero-order valence-electron chi connectivity index (χ0n) is 14.1. The zero-order valence-corrected chi connectivity index (χ0v) is 15.6. The molecule has 1 heterocycles. The molecule has 3 nitrogen and oxygen atoms in total. The van der Waals surface area contributed by atoms with Crippen LogP contribution in [0.4, 0.5) is 4.39 Å². The molecular weight excluding hydrogens is 362 g/mol. The fourth-order valence-electron chi connectivity index (χ4n) is 2.89. The van der Waals surface area contributed by atoms with E-state index in [0.29, 0.717) is 15.8 Å². The van der Waals surface area contributed by atoms with Gasteiger partial charge in [-0.25, -0.2) is 4.39 Å². The van der Waals surface area contributed by atoms with Crippen LogP contribution < -0.4 is 10.1 Å². The van der Waals surface area contributed by atoms with Crippen molar-refractivity contribution in [2.45, 2.75) is 13.0 Å². The Balaban J connectivity index is 1.96. The van der Waals surface area contributed by atoms with Gasteiger partial charge in [0.1, 0.15) is 18.2 Å². The minimum Gasteiger partial charge on any atom is -0.488 e. The molecule has 1 N–H and O–H groups in total. The number of fused-ring (bicyclic) bond motifs is 1. The van der Waals surface area contributed by atoms with Gasteiger partial charge in [-0.15, -0.1) is 0 Å². The van der Waals surface area contributed by atoms with E-state index in [2.05, 4.69) is 5.32 Å². The van der Waals surface area contributed by atoms with E-state index in [9.17, 15) is 4.39 Å². The highest BCUT2D eigenvalue weighted by atomic mass is 35.5. The lowest BCUT2D eigenvalue weighted by Gasteiger charge is -2.11. The molecule has 0 spiro atoms. The monoisotopic (exact) mass is 380 g/mol. The number of rotatable bonds is 6. The molecule has 0 unspecified atom stereocenters. The van der Waals surface area contributed by atoms with Crippen LogP contribution in [0.3, 0.4) is 0 Å². The smallest absolute Gasteiger partial charge is 0.132 e. The molecule has 0 radical (unpaired) electrons. The Morgan fingerprint density at radius 2 is 1.96 bits per heavy atom. The molecule has 0 aliphatic heterocycles. The lowest BCUT2D eigenvalue weighted by molar-refractivity contribution is 0.308. The number of aromatic nitrogens is 1. The van der Waals surface area contributed by atoms with Crippen LogP contribution >= 0.6 is 23.2 Å². The summed E-state index contributed by atoms with van der Waals surface area (Å²) in [4.78, 5) is 0. The molecule has 0 aliphatic rings. The molecule has 0 amide bonds. The van der Waals surface area contributed by atoms with Crippen molar-refractivity contribution in [1.82, 2.24) is 9.88 Å². The van der Waals surface area contributed by atoms with Crippen LogP contribution in [0.15, 0.2) is 36.5 Å². The molecule has 6 heteroatoms. The lowest BCUT2D eigenvalue weighted by Crippen LogP contribution is -2.10. The summed E-state index contributed by atoms with van der Waals surface area (Å²) in [6, 6.07) is 8.20. The number of hydrogen-bond donors (Lipinski definition) is 1. The van der Waals surface area contributed by atoms with E-state index in [0.717, 1.165) is 35.0 Å². The first-order chi connectivity index (χ1) is 12.0. The van der Waals surface area contributed by atoms with Crippen LogP contribution in [0, 0.1) is 5.82 Å². The maximum absolute atomic E-state index is 14.0. The highest BCUT2D eigenvalue weighted by Gasteiger charge is 2.15. The molecule has 3 rings (SSSR count). The predicted molar refractivity (Wildman–Crippen MR) is 101 cm³/mol. The van der Waals surface area contributed by atoms with Crippen molar-refractivity contribution in [2.75, 3.05) is 13.6 Å². The summed E-state index contributed by atoms with van der Waals surface area (Å²) in [5.74, 6) is 0.193. The first-order valence-corrected chi connectivity index (χ1v) is 8.74. The first-order valence-electron chi connectivity index (χ1n) is 7.98. The topological polar surface area (TPSA) is 26.2 Å². The molecule has 3 aromatic rings. The third-order valence-corrected chi connectivity index (χ3v) is 4.73. The standard InChI is InChI=1S/C19H19Cl2FN2O/c1-23-6-5-12-10-24(2)17-8-15(22)9-18(19(12)17)25-11-13-3-4-14(20)7-16(13)21/h3-4,7-10,23H,5-6,11H2,1-2H3. The van der Waals surface area contributed by atoms with E-state index in [-0.39, 0.29) is 12.4 Å². The van der Waals surface area contributed by atoms with Crippen molar-refractivity contribution in [1.29, 1.82) is 0 Å². The molecular formula is C19H19Cl2FN2O. The minimum absolute atomic E-state index is 0.245. The third-order valence-electron chi connectivity index (χ3n) is 4.14. The van der Waals surface area contributed by atoms with E-state index < -0.39 is 0 Å². The van der Waals surface area contributed by atoms with E-state index >= 15 is 0 Å². The van der Waals surface area contributed by atoms with Crippen molar-refractivity contribution in [3.05, 3.63) is 63.5 Å². The summed E-state index contributed by atoms with van der Waals surface area (Å²) in [5, 5.41) is 5.17. The van der Waals surface area contributed by atoms with Gasteiger partial charge in [0.25, 0.3) is 0 Å². The Kier molecular flexibility index (Phi) is 5.52. The Morgan fingerprint density at radius 3 is 2.68 bits per heavy atom. The maximum Gasteiger partial charge on any atom is 0.132 e. The Bertz CT molecular complexity index is 908. The second kappa shape index (κ2) is 7.65. The lowest BCUT2D eigenvalue weighted by atomic mass is 10.1. The fraction of sp³-hybridized carbons (Fsp3) is 0.263. The average molecular weight is 381 g/mol. The zero-order chi connectivity index (χ0) is 18.0. The average Bonchev–Trinajstić information content (AvgIpc) is 2.88. The number of nitrogens with zero attached hydrogens (tertiary/aromatic N) is 1. The largest absolute Gasteiger partial charge is 0.488 e. The molecule has 1 aromatic heterocycles. The van der Waals surface area contributed by atoms with Gasteiger partial charge in [-0.1, -0.05) is 29.3 Å². The van der Waals surface area contributed by atoms with Gasteiger partial charge >= 0.3 is 0 Å². The highest BCUT2D eigenvalue weighted by Crippen LogP contribution is 2.33. The number of likely N-dealkylation sites (N-methyl/N-ethyl adjacent to an activating group) is 1. The molecule has 0 fully saturated rings. The summed E-state index contributed by atoms with van der Waals surface area (Å²) < 4.78 is 21.9. The summed E-state index contributed by atoms with van der Waals surface area (Å²) in [6.45, 7) is 1.08. The van der Waals surface area contributed by atoms with Gasteiger partial charge in [-0.05, 0) is 43.8 Å². The number of nitrogens with one attached hydrogen (secondary N) is 1. The summed E-state index contributed by atoms with van der Waals surface area (Å²) >= 11 is 12.1. The second-order valence-corrected chi connectivity index (χ2v) is 6.78. The summed E-state index contributed by atoms with van der Waals surface area (Å²) in [5.41, 5.74) is 2.73. The van der Waals surface area contributed by atoms with Crippen molar-refractivity contribution in [3.8, 4) is 5.75 Å². The van der Waals surface area contributed by atoms with Gasteiger partial charge in [0.15, 0.2) is 0 Å². The molecule has 25 heavy (non-hydrogen) atoms. The van der Waals surface area contributed by atoms with E-state index in [4.69, 9.17) is 27.9 Å². The molecule has 2 aromatic carbocycles. The van der Waals surface area contributed by atoms with Crippen LogP contribution in [0.25, 0.3) is 10.9 Å². The molecule has 0 bridgehead atoms. The third kappa shape index (κ3) is 3.92. The van der Waals surface area contributed by atoms with Crippen LogP contribution in [-0.2, 0) is 20.1 Å². The van der Waals surface area contributed by atoms with E-state index in [1.807, 2.05) is 30.9 Å². The van der Waals surface area contributed by atoms with Gasteiger partial charge in [-0.3, -0.25) is 0 Å². The Labute approximate surface area is 156 Å². The van der Waals surface area contributed by atoms with Crippen molar-refractivity contribution in [3.63, 3.8) is 0 Å². The molecule has 0 saturated carbocycles. The van der Waals surface area contributed by atoms with Crippen molar-refractivity contribution >= 4 is 34.1 Å². The van der Waals surface area contributed by atoms with Gasteiger partial charge in [0.05, 0.1) is 5.52 Å². The molecule has 132 valence electrons. The minimum atomic E-state index is -0.328. The predicted octanol–water partition coefficient (Wildman–Crippen LogP) is 4.97. The maximum atomic E-state index is 14.0. The highest BCUT2D eigenvalue weighted by molar-refractivity contribution is 6.35. The Hall–Kier alpha value is -1.75.